The molecule has 8 heteroatoms. The normalized spacial score (nSPS) is 15.4. The van der Waals surface area contributed by atoms with E-state index in [1.165, 1.54) is 19.1 Å². The van der Waals surface area contributed by atoms with Crippen LogP contribution in [0.25, 0.3) is 0 Å². The summed E-state index contributed by atoms with van der Waals surface area (Å²) < 4.78 is 48.0. The molecule has 0 radical (unpaired) electrons. The van der Waals surface area contributed by atoms with Gasteiger partial charge in [0.15, 0.2) is 0 Å². The maximum atomic E-state index is 13.0. The minimum absolute atomic E-state index is 0.221. The number of carbonyl (C=O) groups excluding carboxylic acids is 2. The first-order chi connectivity index (χ1) is 10.6. The standard InChI is InChI=1S/C15H17F3O5/c1-3-10(2)23-13(20)14(21,15(16,17)18)12(19)22-9-11-7-5-4-6-8-11/h4-8,10,21H,3,9H2,1-2H3. The Hall–Kier alpha value is -2.09. The fraction of sp³-hybridized carbons (Fsp3) is 0.467. The average molecular weight is 334 g/mol. The molecule has 2 atom stereocenters. The van der Waals surface area contributed by atoms with Crippen LogP contribution in [0.1, 0.15) is 25.8 Å². The van der Waals surface area contributed by atoms with Crippen molar-refractivity contribution in [3.63, 3.8) is 0 Å². The van der Waals surface area contributed by atoms with Crippen molar-refractivity contribution in [3.05, 3.63) is 35.9 Å². The molecule has 0 spiro atoms. The number of alkyl halides is 3. The monoisotopic (exact) mass is 334 g/mol. The number of hydrogen-bond acceptors (Lipinski definition) is 5. The van der Waals surface area contributed by atoms with Crippen LogP contribution in [0, 0.1) is 0 Å². The Balaban J connectivity index is 2.92. The van der Waals surface area contributed by atoms with Crippen molar-refractivity contribution in [1.29, 1.82) is 0 Å². The third-order valence-corrected chi connectivity index (χ3v) is 3.10. The van der Waals surface area contributed by atoms with Crippen molar-refractivity contribution < 1.29 is 37.3 Å². The molecule has 0 amide bonds. The molecule has 128 valence electrons. The quantitative estimate of drug-likeness (QED) is 0.639. The lowest BCUT2D eigenvalue weighted by Gasteiger charge is -2.27. The van der Waals surface area contributed by atoms with Crippen molar-refractivity contribution in [1.82, 2.24) is 0 Å². The van der Waals surface area contributed by atoms with Crippen molar-refractivity contribution in [2.45, 2.75) is 44.8 Å². The van der Waals surface area contributed by atoms with E-state index in [4.69, 9.17) is 0 Å². The zero-order chi connectivity index (χ0) is 17.7. The first-order valence-corrected chi connectivity index (χ1v) is 6.84. The highest BCUT2D eigenvalue weighted by molar-refractivity contribution is 6.04. The average Bonchev–Trinajstić information content (AvgIpc) is 2.51. The number of hydrogen-bond donors (Lipinski definition) is 1. The van der Waals surface area contributed by atoms with E-state index in [-0.39, 0.29) is 6.42 Å². The fourth-order valence-corrected chi connectivity index (χ4v) is 1.49. The van der Waals surface area contributed by atoms with Crippen LogP contribution in [0.15, 0.2) is 30.3 Å². The number of esters is 2. The highest BCUT2D eigenvalue weighted by atomic mass is 19.4. The third kappa shape index (κ3) is 4.44. The van der Waals surface area contributed by atoms with Crippen LogP contribution < -0.4 is 0 Å². The van der Waals surface area contributed by atoms with Gasteiger partial charge >= 0.3 is 23.7 Å². The lowest BCUT2D eigenvalue weighted by Crippen LogP contribution is -2.60. The fourth-order valence-electron chi connectivity index (χ4n) is 1.49. The Morgan fingerprint density at radius 2 is 1.74 bits per heavy atom. The Morgan fingerprint density at radius 3 is 2.22 bits per heavy atom. The maximum absolute atomic E-state index is 13.0. The lowest BCUT2D eigenvalue weighted by molar-refractivity contribution is -0.266. The highest BCUT2D eigenvalue weighted by Crippen LogP contribution is 2.33. The van der Waals surface area contributed by atoms with Gasteiger partial charge in [0.05, 0.1) is 6.10 Å². The molecule has 2 unspecified atom stereocenters. The molecular weight excluding hydrogens is 317 g/mol. The summed E-state index contributed by atoms with van der Waals surface area (Å²) in [5.74, 6) is -4.22. The summed E-state index contributed by atoms with van der Waals surface area (Å²) in [5.41, 5.74) is -3.95. The summed E-state index contributed by atoms with van der Waals surface area (Å²) in [4.78, 5) is 23.3. The van der Waals surface area contributed by atoms with Crippen LogP contribution in [0.3, 0.4) is 0 Å². The number of aliphatic hydroxyl groups is 1. The number of benzene rings is 1. The van der Waals surface area contributed by atoms with Crippen molar-refractivity contribution >= 4 is 11.9 Å². The Labute approximate surface area is 131 Å². The smallest absolute Gasteiger partial charge is 0.439 e. The second-order valence-electron chi connectivity index (χ2n) is 4.89. The first kappa shape index (κ1) is 19.0. The van der Waals surface area contributed by atoms with Crippen LogP contribution in [-0.4, -0.2) is 34.9 Å². The minimum atomic E-state index is -5.56. The zero-order valence-electron chi connectivity index (χ0n) is 12.6. The van der Waals surface area contributed by atoms with Gasteiger partial charge in [-0.1, -0.05) is 37.3 Å². The summed E-state index contributed by atoms with van der Waals surface area (Å²) >= 11 is 0. The van der Waals surface area contributed by atoms with E-state index < -0.39 is 36.4 Å². The lowest BCUT2D eigenvalue weighted by atomic mass is 10.0. The van der Waals surface area contributed by atoms with Gasteiger partial charge in [-0.3, -0.25) is 0 Å². The van der Waals surface area contributed by atoms with Crippen molar-refractivity contribution in [3.8, 4) is 0 Å². The maximum Gasteiger partial charge on any atom is 0.439 e. The highest BCUT2D eigenvalue weighted by Gasteiger charge is 2.68. The summed E-state index contributed by atoms with van der Waals surface area (Å²) in [6.45, 7) is 2.39. The number of rotatable bonds is 6. The number of ether oxygens (including phenoxy) is 2. The molecule has 1 N–H and O–H groups in total. The second-order valence-corrected chi connectivity index (χ2v) is 4.89. The van der Waals surface area contributed by atoms with Gasteiger partial charge in [-0.25, -0.2) is 9.59 Å². The molecule has 5 nitrogen and oxygen atoms in total. The largest absolute Gasteiger partial charge is 0.460 e. The molecule has 0 aliphatic carbocycles. The van der Waals surface area contributed by atoms with Crippen LogP contribution >= 0.6 is 0 Å². The first-order valence-electron chi connectivity index (χ1n) is 6.84. The molecule has 0 aliphatic heterocycles. The van der Waals surface area contributed by atoms with Gasteiger partial charge in [-0.15, -0.1) is 0 Å². The van der Waals surface area contributed by atoms with E-state index in [2.05, 4.69) is 9.47 Å². The van der Waals surface area contributed by atoms with E-state index in [9.17, 15) is 27.9 Å². The van der Waals surface area contributed by atoms with Crippen LogP contribution in [0.4, 0.5) is 13.2 Å². The van der Waals surface area contributed by atoms with Gasteiger partial charge in [0.2, 0.25) is 0 Å². The van der Waals surface area contributed by atoms with Crippen LogP contribution in [-0.2, 0) is 25.7 Å². The van der Waals surface area contributed by atoms with Gasteiger partial charge in [-0.05, 0) is 18.9 Å². The molecule has 1 aromatic carbocycles. The van der Waals surface area contributed by atoms with Gasteiger partial charge in [0.1, 0.15) is 6.61 Å². The van der Waals surface area contributed by atoms with Gasteiger partial charge in [0.25, 0.3) is 0 Å². The van der Waals surface area contributed by atoms with E-state index in [1.807, 2.05) is 0 Å². The molecule has 0 saturated carbocycles. The molecular formula is C15H17F3O5. The van der Waals surface area contributed by atoms with E-state index in [0.717, 1.165) is 0 Å². The summed E-state index contributed by atoms with van der Waals surface area (Å²) in [7, 11) is 0. The second kappa shape index (κ2) is 7.45. The molecule has 0 heterocycles. The molecule has 0 saturated heterocycles. The summed E-state index contributed by atoms with van der Waals surface area (Å²) in [6, 6.07) is 7.88. The third-order valence-electron chi connectivity index (χ3n) is 3.10. The Morgan fingerprint density at radius 1 is 1.17 bits per heavy atom. The van der Waals surface area contributed by atoms with E-state index in [0.29, 0.717) is 5.56 Å². The van der Waals surface area contributed by atoms with Gasteiger partial charge in [-0.2, -0.15) is 13.2 Å². The minimum Gasteiger partial charge on any atom is -0.460 e. The Bertz CT molecular complexity index is 544. The molecule has 0 bridgehead atoms. The SMILES string of the molecule is CCC(C)OC(=O)C(O)(C(=O)OCc1ccccc1)C(F)(F)F. The predicted molar refractivity (Wildman–Crippen MR) is 73.1 cm³/mol. The molecule has 1 rings (SSSR count). The molecule has 0 fully saturated rings. The van der Waals surface area contributed by atoms with Gasteiger partial charge < -0.3 is 14.6 Å². The van der Waals surface area contributed by atoms with E-state index >= 15 is 0 Å². The Kier molecular flexibility index (Phi) is 6.14. The van der Waals surface area contributed by atoms with Crippen molar-refractivity contribution in [2.75, 3.05) is 0 Å². The topological polar surface area (TPSA) is 72.8 Å². The molecule has 1 aromatic rings. The van der Waals surface area contributed by atoms with Gasteiger partial charge in [0, 0.05) is 0 Å². The predicted octanol–water partition coefficient (Wildman–Crippen LogP) is 2.36. The van der Waals surface area contributed by atoms with Crippen LogP contribution in [0.2, 0.25) is 0 Å². The number of carbonyl (C=O) groups is 2. The number of halogens is 3. The van der Waals surface area contributed by atoms with E-state index in [1.54, 1.807) is 25.1 Å². The summed E-state index contributed by atoms with van der Waals surface area (Å²) in [6.07, 6.45) is -6.23. The summed E-state index contributed by atoms with van der Waals surface area (Å²) in [5, 5.41) is 9.63. The van der Waals surface area contributed by atoms with Crippen molar-refractivity contribution in [2.24, 2.45) is 0 Å². The van der Waals surface area contributed by atoms with Crippen LogP contribution in [0.5, 0.6) is 0 Å². The molecule has 0 aliphatic rings. The molecule has 23 heavy (non-hydrogen) atoms. The zero-order valence-corrected chi connectivity index (χ0v) is 12.6. The molecule has 0 aromatic heterocycles.